The van der Waals surface area contributed by atoms with Crippen LogP contribution in [0.15, 0.2) is 12.1 Å². The lowest BCUT2D eigenvalue weighted by atomic mass is 10.0. The van der Waals surface area contributed by atoms with E-state index in [2.05, 4.69) is 0 Å². The van der Waals surface area contributed by atoms with Gasteiger partial charge in [-0.15, -0.1) is 0 Å². The zero-order chi connectivity index (χ0) is 9.97. The van der Waals surface area contributed by atoms with Crippen LogP contribution in [0.3, 0.4) is 0 Å². The fourth-order valence-corrected chi connectivity index (χ4v) is 1.84. The Hall–Kier alpha value is -1.09. The molecule has 0 unspecified atom stereocenters. The van der Waals surface area contributed by atoms with Gasteiger partial charge in [0, 0.05) is 18.6 Å². The molecule has 0 aromatic heterocycles. The number of halogens is 1. The Morgan fingerprint density at radius 1 is 1.43 bits per heavy atom. The van der Waals surface area contributed by atoms with Crippen molar-refractivity contribution in [3.05, 3.63) is 29.1 Å². The van der Waals surface area contributed by atoms with Crippen molar-refractivity contribution in [2.24, 2.45) is 0 Å². The number of fused-ring (bicyclic) bond motifs is 1. The quantitative estimate of drug-likeness (QED) is 0.797. The van der Waals surface area contributed by atoms with E-state index in [0.717, 1.165) is 17.7 Å². The number of aliphatic hydroxyl groups is 1. The first kappa shape index (κ1) is 9.46. The lowest BCUT2D eigenvalue weighted by Gasteiger charge is -2.07. The maximum atomic E-state index is 13.4. The summed E-state index contributed by atoms with van der Waals surface area (Å²) in [4.78, 5) is 0. The predicted molar refractivity (Wildman–Crippen MR) is 51.0 cm³/mol. The molecule has 1 aromatic rings. The summed E-state index contributed by atoms with van der Waals surface area (Å²) in [5, 5.41) is 8.71. The van der Waals surface area contributed by atoms with E-state index in [1.807, 2.05) is 0 Å². The Morgan fingerprint density at radius 2 is 2.29 bits per heavy atom. The number of hydrogen-bond acceptors (Lipinski definition) is 2. The largest absolute Gasteiger partial charge is 0.493 e. The second kappa shape index (κ2) is 3.96. The van der Waals surface area contributed by atoms with Gasteiger partial charge in [0.1, 0.15) is 11.6 Å². The second-order valence-electron chi connectivity index (χ2n) is 3.43. The third-order valence-corrected chi connectivity index (χ3v) is 2.53. The zero-order valence-corrected chi connectivity index (χ0v) is 7.92. The molecule has 1 aromatic carbocycles. The second-order valence-corrected chi connectivity index (χ2v) is 3.43. The number of hydrogen-bond donors (Lipinski definition) is 1. The van der Waals surface area contributed by atoms with Crippen molar-refractivity contribution in [1.82, 2.24) is 0 Å². The molecule has 14 heavy (non-hydrogen) atoms. The minimum Gasteiger partial charge on any atom is -0.493 e. The highest BCUT2D eigenvalue weighted by molar-refractivity contribution is 5.43. The van der Waals surface area contributed by atoms with Crippen LogP contribution in [0, 0.1) is 5.82 Å². The van der Waals surface area contributed by atoms with Crippen LogP contribution in [0.25, 0.3) is 0 Å². The molecule has 0 fully saturated rings. The van der Waals surface area contributed by atoms with Crippen LogP contribution in [-0.2, 0) is 12.8 Å². The van der Waals surface area contributed by atoms with Gasteiger partial charge in [-0.2, -0.15) is 0 Å². The lowest BCUT2D eigenvalue weighted by molar-refractivity contribution is 0.288. The van der Waals surface area contributed by atoms with Crippen LogP contribution >= 0.6 is 0 Å². The fourth-order valence-electron chi connectivity index (χ4n) is 1.84. The Kier molecular flexibility index (Phi) is 2.68. The van der Waals surface area contributed by atoms with Crippen LogP contribution < -0.4 is 4.74 Å². The summed E-state index contributed by atoms with van der Waals surface area (Å²) in [6.45, 7) is 0.745. The lowest BCUT2D eigenvalue weighted by Crippen LogP contribution is -1.98. The van der Waals surface area contributed by atoms with Gasteiger partial charge in [-0.3, -0.25) is 0 Å². The number of aliphatic hydroxyl groups excluding tert-OH is 1. The van der Waals surface area contributed by atoms with E-state index in [1.54, 1.807) is 6.07 Å². The summed E-state index contributed by atoms with van der Waals surface area (Å²) < 4.78 is 18.8. The summed E-state index contributed by atoms with van der Waals surface area (Å²) in [6.07, 6.45) is 1.98. The zero-order valence-electron chi connectivity index (χ0n) is 7.92. The van der Waals surface area contributed by atoms with Gasteiger partial charge >= 0.3 is 0 Å². The van der Waals surface area contributed by atoms with Crippen LogP contribution in [0.5, 0.6) is 5.75 Å². The molecule has 3 heteroatoms. The highest BCUT2D eigenvalue weighted by Gasteiger charge is 2.18. The molecule has 0 saturated heterocycles. The molecule has 0 amide bonds. The summed E-state index contributed by atoms with van der Waals surface area (Å²) in [5.74, 6) is 0.627. The van der Waals surface area contributed by atoms with Crippen molar-refractivity contribution in [1.29, 1.82) is 0 Å². The molecule has 0 aliphatic carbocycles. The summed E-state index contributed by atoms with van der Waals surface area (Å²) >= 11 is 0. The maximum Gasteiger partial charge on any atom is 0.126 e. The monoisotopic (exact) mass is 196 g/mol. The molecule has 0 bridgehead atoms. The molecule has 0 spiro atoms. The number of ether oxygens (including phenoxy) is 1. The van der Waals surface area contributed by atoms with Crippen molar-refractivity contribution in [2.45, 2.75) is 19.3 Å². The maximum absolute atomic E-state index is 13.4. The Balaban J connectivity index is 2.31. The van der Waals surface area contributed by atoms with E-state index in [-0.39, 0.29) is 12.4 Å². The topological polar surface area (TPSA) is 29.5 Å². The van der Waals surface area contributed by atoms with Gasteiger partial charge in [0.15, 0.2) is 0 Å². The van der Waals surface area contributed by atoms with Crippen LogP contribution in [-0.4, -0.2) is 18.3 Å². The molecular weight excluding hydrogens is 183 g/mol. The smallest absolute Gasteiger partial charge is 0.126 e. The average Bonchev–Trinajstić information content (AvgIpc) is 2.64. The molecule has 1 N–H and O–H groups in total. The third-order valence-electron chi connectivity index (χ3n) is 2.53. The van der Waals surface area contributed by atoms with Gasteiger partial charge < -0.3 is 9.84 Å². The number of benzene rings is 1. The molecule has 2 rings (SSSR count). The average molecular weight is 196 g/mol. The summed E-state index contributed by atoms with van der Waals surface area (Å²) in [5.41, 5.74) is 1.70. The SMILES string of the molecule is OCCCc1c(F)ccc2c1CCO2. The third kappa shape index (κ3) is 1.60. The molecule has 0 saturated carbocycles. The first-order valence-corrected chi connectivity index (χ1v) is 4.87. The van der Waals surface area contributed by atoms with Crippen molar-refractivity contribution >= 4 is 0 Å². The van der Waals surface area contributed by atoms with E-state index in [1.165, 1.54) is 6.07 Å². The van der Waals surface area contributed by atoms with E-state index >= 15 is 0 Å². The summed E-state index contributed by atoms with van der Waals surface area (Å²) in [7, 11) is 0. The van der Waals surface area contributed by atoms with Gasteiger partial charge in [-0.1, -0.05) is 0 Å². The van der Waals surface area contributed by atoms with Gasteiger partial charge in [0.2, 0.25) is 0 Å². The molecule has 1 aliphatic heterocycles. The van der Waals surface area contributed by atoms with Crippen LogP contribution in [0.4, 0.5) is 4.39 Å². The molecule has 1 aliphatic rings. The normalized spacial score (nSPS) is 13.9. The first-order chi connectivity index (χ1) is 6.83. The summed E-state index contributed by atoms with van der Waals surface area (Å²) in [6, 6.07) is 3.12. The highest BCUT2D eigenvalue weighted by Crippen LogP contribution is 2.30. The first-order valence-electron chi connectivity index (χ1n) is 4.87. The molecule has 0 atom stereocenters. The minimum absolute atomic E-state index is 0.101. The van der Waals surface area contributed by atoms with Crippen molar-refractivity contribution in [3.8, 4) is 5.75 Å². The van der Waals surface area contributed by atoms with E-state index in [4.69, 9.17) is 9.84 Å². The van der Waals surface area contributed by atoms with Gasteiger partial charge in [-0.05, 0) is 30.5 Å². The minimum atomic E-state index is -0.178. The molecule has 0 radical (unpaired) electrons. The van der Waals surface area contributed by atoms with E-state index in [9.17, 15) is 4.39 Å². The molecule has 2 nitrogen and oxygen atoms in total. The van der Waals surface area contributed by atoms with Crippen molar-refractivity contribution in [2.75, 3.05) is 13.2 Å². The van der Waals surface area contributed by atoms with Gasteiger partial charge in [0.05, 0.1) is 6.61 Å². The Labute approximate surface area is 82.3 Å². The van der Waals surface area contributed by atoms with E-state index < -0.39 is 0 Å². The Bertz CT molecular complexity index is 336. The van der Waals surface area contributed by atoms with E-state index in [0.29, 0.717) is 25.0 Å². The standard InChI is InChI=1S/C11H13FO2/c12-10-3-4-11-9(5-7-14-11)8(10)2-1-6-13/h3-4,13H,1-2,5-7H2. The fraction of sp³-hybridized carbons (Fsp3) is 0.455. The van der Waals surface area contributed by atoms with Crippen molar-refractivity contribution in [3.63, 3.8) is 0 Å². The predicted octanol–water partition coefficient (Wildman–Crippen LogP) is 1.69. The van der Waals surface area contributed by atoms with Crippen LogP contribution in [0.2, 0.25) is 0 Å². The molecule has 76 valence electrons. The van der Waals surface area contributed by atoms with Gasteiger partial charge in [-0.25, -0.2) is 4.39 Å². The van der Waals surface area contributed by atoms with Gasteiger partial charge in [0.25, 0.3) is 0 Å². The molecule has 1 heterocycles. The van der Waals surface area contributed by atoms with Crippen molar-refractivity contribution < 1.29 is 14.2 Å². The Morgan fingerprint density at radius 3 is 3.07 bits per heavy atom. The number of rotatable bonds is 3. The molecular formula is C11H13FO2. The van der Waals surface area contributed by atoms with Crippen LogP contribution in [0.1, 0.15) is 17.5 Å². The highest BCUT2D eigenvalue weighted by atomic mass is 19.1.